The largest absolute Gasteiger partial charge is 0.417 e. The highest BCUT2D eigenvalue weighted by Crippen LogP contribution is 2.36. The van der Waals surface area contributed by atoms with Gasteiger partial charge >= 0.3 is 6.18 Å². The van der Waals surface area contributed by atoms with Gasteiger partial charge < -0.3 is 5.32 Å². The lowest BCUT2D eigenvalue weighted by atomic mass is 10.1. The highest BCUT2D eigenvalue weighted by molar-refractivity contribution is 6.31. The topological polar surface area (TPSA) is 12.0 Å². The van der Waals surface area contributed by atoms with E-state index in [9.17, 15) is 17.6 Å². The Balaban J connectivity index is 2.17. The van der Waals surface area contributed by atoms with E-state index >= 15 is 0 Å². The zero-order chi connectivity index (χ0) is 15.6. The first-order chi connectivity index (χ1) is 9.77. The molecule has 1 N–H and O–H groups in total. The van der Waals surface area contributed by atoms with Gasteiger partial charge in [-0.05, 0) is 30.3 Å². The first-order valence-electron chi connectivity index (χ1n) is 5.82. The molecule has 2 rings (SSSR count). The summed E-state index contributed by atoms with van der Waals surface area (Å²) < 4.78 is 51.7. The fourth-order valence-electron chi connectivity index (χ4n) is 1.71. The summed E-state index contributed by atoms with van der Waals surface area (Å²) >= 11 is 11.1. The molecule has 0 saturated heterocycles. The molecule has 2 aromatic rings. The smallest absolute Gasteiger partial charge is 0.381 e. The highest BCUT2D eigenvalue weighted by Gasteiger charge is 2.33. The van der Waals surface area contributed by atoms with Crippen LogP contribution in [-0.4, -0.2) is 0 Å². The molecule has 0 fully saturated rings. The number of alkyl halides is 3. The van der Waals surface area contributed by atoms with Crippen LogP contribution in [0.25, 0.3) is 0 Å². The van der Waals surface area contributed by atoms with Crippen molar-refractivity contribution in [2.45, 2.75) is 12.7 Å². The second kappa shape index (κ2) is 6.12. The lowest BCUT2D eigenvalue weighted by molar-refractivity contribution is -0.137. The molecule has 1 nitrogen and oxygen atoms in total. The average Bonchev–Trinajstić information content (AvgIpc) is 2.38. The summed E-state index contributed by atoms with van der Waals surface area (Å²) in [7, 11) is 0. The number of hydrogen-bond acceptors (Lipinski definition) is 1. The minimum absolute atomic E-state index is 0.0297. The molecule has 0 aliphatic carbocycles. The molecule has 21 heavy (non-hydrogen) atoms. The first kappa shape index (κ1) is 15.9. The Morgan fingerprint density at radius 1 is 1.00 bits per heavy atom. The molecule has 0 radical (unpaired) electrons. The molecule has 112 valence electrons. The van der Waals surface area contributed by atoms with Gasteiger partial charge in [0.15, 0.2) is 0 Å². The van der Waals surface area contributed by atoms with Crippen molar-refractivity contribution >= 4 is 28.9 Å². The van der Waals surface area contributed by atoms with Gasteiger partial charge in [0.2, 0.25) is 0 Å². The van der Waals surface area contributed by atoms with Gasteiger partial charge in [-0.25, -0.2) is 4.39 Å². The predicted molar refractivity (Wildman–Crippen MR) is 75.2 cm³/mol. The minimum atomic E-state index is -4.54. The van der Waals surface area contributed by atoms with Gasteiger partial charge in [0.25, 0.3) is 0 Å². The number of rotatable bonds is 3. The van der Waals surface area contributed by atoms with Crippen molar-refractivity contribution < 1.29 is 17.6 Å². The molecule has 7 heteroatoms. The molecule has 0 bridgehead atoms. The molecule has 0 aliphatic rings. The summed E-state index contributed by atoms with van der Waals surface area (Å²) in [4.78, 5) is 0. The van der Waals surface area contributed by atoms with Crippen LogP contribution in [0.2, 0.25) is 10.0 Å². The van der Waals surface area contributed by atoms with E-state index in [1.807, 2.05) is 0 Å². The van der Waals surface area contributed by atoms with Crippen LogP contribution in [0.4, 0.5) is 23.2 Å². The van der Waals surface area contributed by atoms with Crippen molar-refractivity contribution in [2.75, 3.05) is 5.32 Å². The van der Waals surface area contributed by atoms with Crippen molar-refractivity contribution in [1.82, 2.24) is 0 Å². The summed E-state index contributed by atoms with van der Waals surface area (Å²) in [6.45, 7) is 0.0297. The van der Waals surface area contributed by atoms with Crippen LogP contribution in [-0.2, 0) is 12.7 Å². The van der Waals surface area contributed by atoms with Gasteiger partial charge in [0.1, 0.15) is 5.82 Å². The van der Waals surface area contributed by atoms with E-state index in [-0.39, 0.29) is 22.3 Å². The van der Waals surface area contributed by atoms with Crippen LogP contribution < -0.4 is 5.32 Å². The molecular weight excluding hydrogens is 329 g/mol. The van der Waals surface area contributed by atoms with Crippen molar-refractivity contribution in [3.05, 3.63) is 63.4 Å². The first-order valence-corrected chi connectivity index (χ1v) is 6.57. The Hall–Kier alpha value is -1.46. The van der Waals surface area contributed by atoms with E-state index in [0.29, 0.717) is 5.56 Å². The second-order valence-electron chi connectivity index (χ2n) is 4.28. The maximum Gasteiger partial charge on any atom is 0.417 e. The fourth-order valence-corrected chi connectivity index (χ4v) is 2.10. The third kappa shape index (κ3) is 4.02. The zero-order valence-electron chi connectivity index (χ0n) is 10.4. The van der Waals surface area contributed by atoms with Gasteiger partial charge in [-0.2, -0.15) is 13.2 Å². The van der Waals surface area contributed by atoms with Crippen molar-refractivity contribution in [3.8, 4) is 0 Å². The van der Waals surface area contributed by atoms with Gasteiger partial charge in [-0.1, -0.05) is 29.3 Å². The standard InChI is InChI=1S/C14H9Cl2F4N/c15-9-2-1-8(13(17)5-9)7-21-10-3-4-12(16)11(6-10)14(18,19)20/h1-6,21H,7H2. The monoisotopic (exact) mass is 337 g/mol. The maximum absolute atomic E-state index is 13.6. The van der Waals surface area contributed by atoms with Crippen LogP contribution in [0.5, 0.6) is 0 Å². The third-order valence-electron chi connectivity index (χ3n) is 2.77. The second-order valence-corrected chi connectivity index (χ2v) is 5.13. The average molecular weight is 338 g/mol. The molecule has 0 spiro atoms. The van der Waals surface area contributed by atoms with Crippen LogP contribution >= 0.6 is 23.2 Å². The van der Waals surface area contributed by atoms with Crippen LogP contribution in [0.1, 0.15) is 11.1 Å². The predicted octanol–water partition coefficient (Wildman–Crippen LogP) is 5.76. The van der Waals surface area contributed by atoms with Gasteiger partial charge in [-0.15, -0.1) is 0 Å². The summed E-state index contributed by atoms with van der Waals surface area (Å²) in [5, 5.41) is 2.59. The van der Waals surface area contributed by atoms with Gasteiger partial charge in [-0.3, -0.25) is 0 Å². The zero-order valence-corrected chi connectivity index (χ0v) is 12.0. The Bertz CT molecular complexity index is 656. The lowest BCUT2D eigenvalue weighted by Crippen LogP contribution is -2.08. The van der Waals surface area contributed by atoms with E-state index in [2.05, 4.69) is 5.32 Å². The summed E-state index contributed by atoms with van der Waals surface area (Å²) in [5.41, 5.74) is -0.449. The highest BCUT2D eigenvalue weighted by atomic mass is 35.5. The van der Waals surface area contributed by atoms with Crippen molar-refractivity contribution in [3.63, 3.8) is 0 Å². The summed E-state index contributed by atoms with van der Waals surface area (Å²) in [5.74, 6) is -0.528. The maximum atomic E-state index is 13.6. The quantitative estimate of drug-likeness (QED) is 0.701. The number of anilines is 1. The summed E-state index contributed by atoms with van der Waals surface area (Å²) in [6.07, 6.45) is -4.54. The molecular formula is C14H9Cl2F4N. The SMILES string of the molecule is Fc1cc(Cl)ccc1CNc1ccc(Cl)c(C(F)(F)F)c1. The number of halogens is 6. The van der Waals surface area contributed by atoms with E-state index in [1.54, 1.807) is 0 Å². The van der Waals surface area contributed by atoms with E-state index < -0.39 is 17.6 Å². The van der Waals surface area contributed by atoms with E-state index in [1.165, 1.54) is 18.2 Å². The Labute approximate surface area is 128 Å². The molecule has 2 aromatic carbocycles. The van der Waals surface area contributed by atoms with Crippen LogP contribution in [0.3, 0.4) is 0 Å². The number of benzene rings is 2. The lowest BCUT2D eigenvalue weighted by Gasteiger charge is -2.12. The molecule has 0 atom stereocenters. The summed E-state index contributed by atoms with van der Waals surface area (Å²) in [6, 6.07) is 7.53. The molecule has 0 unspecified atom stereocenters. The van der Waals surface area contributed by atoms with Crippen molar-refractivity contribution in [2.24, 2.45) is 0 Å². The van der Waals surface area contributed by atoms with Crippen molar-refractivity contribution in [1.29, 1.82) is 0 Å². The Kier molecular flexibility index (Phi) is 4.64. The van der Waals surface area contributed by atoms with Crippen LogP contribution in [0, 0.1) is 5.82 Å². The molecule has 0 aromatic heterocycles. The fraction of sp³-hybridized carbons (Fsp3) is 0.143. The molecule has 0 amide bonds. The number of hydrogen-bond donors (Lipinski definition) is 1. The molecule has 0 heterocycles. The molecule has 0 aliphatic heterocycles. The minimum Gasteiger partial charge on any atom is -0.381 e. The Morgan fingerprint density at radius 2 is 1.71 bits per heavy atom. The van der Waals surface area contributed by atoms with E-state index in [0.717, 1.165) is 18.2 Å². The van der Waals surface area contributed by atoms with E-state index in [4.69, 9.17) is 23.2 Å². The molecule has 0 saturated carbocycles. The third-order valence-corrected chi connectivity index (χ3v) is 3.33. The van der Waals surface area contributed by atoms with Crippen LogP contribution in [0.15, 0.2) is 36.4 Å². The number of nitrogens with one attached hydrogen (secondary N) is 1. The van der Waals surface area contributed by atoms with Gasteiger partial charge in [0.05, 0.1) is 10.6 Å². The normalized spacial score (nSPS) is 11.5. The van der Waals surface area contributed by atoms with Gasteiger partial charge in [0, 0.05) is 22.8 Å². The Morgan fingerprint density at radius 3 is 2.33 bits per heavy atom.